The van der Waals surface area contributed by atoms with Gasteiger partial charge in [-0.05, 0) is 83.9 Å². The lowest BCUT2D eigenvalue weighted by molar-refractivity contribution is 0.612. The van der Waals surface area contributed by atoms with Crippen molar-refractivity contribution >= 4 is 27.9 Å². The Morgan fingerprint density at radius 1 is 0.711 bits per heavy atom. The molecular formula is C34H23F2N9. The Bertz CT molecular complexity index is 2250. The summed E-state index contributed by atoms with van der Waals surface area (Å²) in [5.74, 6) is -0.148. The van der Waals surface area contributed by atoms with Gasteiger partial charge in [-0.2, -0.15) is 10.2 Å². The molecule has 0 saturated carbocycles. The Balaban J connectivity index is 0.000000145. The van der Waals surface area contributed by atoms with Crippen LogP contribution < -0.4 is 5.73 Å². The lowest BCUT2D eigenvalue weighted by Crippen LogP contribution is -2.00. The zero-order valence-corrected chi connectivity index (χ0v) is 23.5. The van der Waals surface area contributed by atoms with E-state index in [2.05, 4.69) is 35.2 Å². The van der Waals surface area contributed by atoms with Crippen molar-refractivity contribution in [1.29, 1.82) is 0 Å². The summed E-state index contributed by atoms with van der Waals surface area (Å²) in [7, 11) is 0. The van der Waals surface area contributed by atoms with E-state index < -0.39 is 0 Å². The van der Waals surface area contributed by atoms with E-state index in [4.69, 9.17) is 5.73 Å². The number of rotatable bonds is 4. The number of H-pyrrole nitrogens is 1. The van der Waals surface area contributed by atoms with Gasteiger partial charge in [-0.1, -0.05) is 12.1 Å². The maximum absolute atomic E-state index is 13.9. The molecule has 45 heavy (non-hydrogen) atoms. The van der Waals surface area contributed by atoms with Crippen LogP contribution in [0.4, 0.5) is 14.6 Å². The number of aromatic nitrogens is 8. The molecule has 2 aromatic carbocycles. The van der Waals surface area contributed by atoms with E-state index in [1.165, 1.54) is 22.9 Å². The van der Waals surface area contributed by atoms with Crippen molar-refractivity contribution in [2.45, 2.75) is 0 Å². The highest BCUT2D eigenvalue weighted by atomic mass is 19.1. The molecule has 0 spiro atoms. The van der Waals surface area contributed by atoms with Crippen molar-refractivity contribution in [2.75, 3.05) is 5.73 Å². The number of hydrogen-bond acceptors (Lipinski definition) is 7. The first-order chi connectivity index (χ1) is 22.0. The minimum Gasteiger partial charge on any atom is -0.384 e. The first-order valence-corrected chi connectivity index (χ1v) is 13.8. The van der Waals surface area contributed by atoms with Gasteiger partial charge in [-0.3, -0.25) is 15.1 Å². The number of para-hydroxylation sites is 1. The highest BCUT2D eigenvalue weighted by Crippen LogP contribution is 2.34. The van der Waals surface area contributed by atoms with E-state index in [0.29, 0.717) is 22.8 Å². The quantitative estimate of drug-likeness (QED) is 0.224. The Labute approximate surface area is 255 Å². The number of pyridine rings is 4. The first-order valence-electron chi connectivity index (χ1n) is 13.8. The van der Waals surface area contributed by atoms with Gasteiger partial charge in [-0.15, -0.1) is 0 Å². The molecule has 0 atom stereocenters. The summed E-state index contributed by atoms with van der Waals surface area (Å²) in [6, 6.07) is 24.3. The van der Waals surface area contributed by atoms with Crippen LogP contribution in [0.25, 0.3) is 61.3 Å². The molecule has 8 aromatic rings. The minimum absolute atomic E-state index is 0.288. The molecule has 0 radical (unpaired) electrons. The molecule has 9 nitrogen and oxygen atoms in total. The van der Waals surface area contributed by atoms with Crippen molar-refractivity contribution in [3.8, 4) is 39.2 Å². The second-order valence-electron chi connectivity index (χ2n) is 10.0. The van der Waals surface area contributed by atoms with Crippen LogP contribution in [-0.4, -0.2) is 39.9 Å². The van der Waals surface area contributed by atoms with E-state index in [1.807, 2.05) is 36.4 Å². The number of anilines is 1. The highest BCUT2D eigenvalue weighted by molar-refractivity contribution is 5.94. The summed E-state index contributed by atoms with van der Waals surface area (Å²) in [6.45, 7) is 0. The SMILES string of the molecule is Fc1ccccc1-n1ncc2cc(-c3ccncc3)cnc21.Nc1[nH]nc2nc(-c3ccc(F)cc3)c(-c3ccncc3)cc12. The molecule has 0 aliphatic carbocycles. The van der Waals surface area contributed by atoms with E-state index >= 15 is 0 Å². The van der Waals surface area contributed by atoms with E-state index in [0.717, 1.165) is 44.3 Å². The molecule has 0 saturated heterocycles. The van der Waals surface area contributed by atoms with Crippen LogP contribution in [0.5, 0.6) is 0 Å². The van der Waals surface area contributed by atoms with Crippen LogP contribution in [0.3, 0.4) is 0 Å². The molecular weight excluding hydrogens is 572 g/mol. The molecule has 0 bridgehead atoms. The average Bonchev–Trinajstić information content (AvgIpc) is 3.68. The molecule has 218 valence electrons. The molecule has 0 unspecified atom stereocenters. The van der Waals surface area contributed by atoms with Crippen LogP contribution in [0, 0.1) is 11.6 Å². The number of fused-ring (bicyclic) bond motifs is 2. The number of nitrogen functional groups attached to an aromatic ring is 1. The molecule has 0 fully saturated rings. The Morgan fingerprint density at radius 3 is 2.16 bits per heavy atom. The third-order valence-corrected chi connectivity index (χ3v) is 7.19. The maximum Gasteiger partial charge on any atom is 0.183 e. The van der Waals surface area contributed by atoms with Crippen LogP contribution in [0.15, 0.2) is 122 Å². The second-order valence-corrected chi connectivity index (χ2v) is 10.0. The zero-order valence-electron chi connectivity index (χ0n) is 23.5. The number of hydrogen-bond donors (Lipinski definition) is 2. The Kier molecular flexibility index (Phi) is 7.16. The summed E-state index contributed by atoms with van der Waals surface area (Å²) in [6.07, 6.45) is 10.4. The number of nitrogens with two attached hydrogens (primary N) is 1. The van der Waals surface area contributed by atoms with Crippen molar-refractivity contribution in [3.63, 3.8) is 0 Å². The number of nitrogens with zero attached hydrogens (tertiary/aromatic N) is 7. The minimum atomic E-state index is -0.326. The van der Waals surface area contributed by atoms with Crippen molar-refractivity contribution in [2.24, 2.45) is 0 Å². The lowest BCUT2D eigenvalue weighted by atomic mass is 9.99. The van der Waals surface area contributed by atoms with Gasteiger partial charge in [0.1, 0.15) is 23.1 Å². The van der Waals surface area contributed by atoms with Crippen molar-refractivity contribution in [3.05, 3.63) is 134 Å². The molecule has 6 heterocycles. The fraction of sp³-hybridized carbons (Fsp3) is 0. The van der Waals surface area contributed by atoms with Gasteiger partial charge >= 0.3 is 0 Å². The van der Waals surface area contributed by atoms with Crippen molar-refractivity contribution < 1.29 is 8.78 Å². The van der Waals surface area contributed by atoms with Gasteiger partial charge in [-0.25, -0.2) is 23.4 Å². The number of aromatic amines is 1. The largest absolute Gasteiger partial charge is 0.384 e. The normalized spacial score (nSPS) is 11.0. The van der Waals surface area contributed by atoms with Gasteiger partial charge < -0.3 is 5.73 Å². The first kappa shape index (κ1) is 27.5. The third-order valence-electron chi connectivity index (χ3n) is 7.19. The molecule has 0 aliphatic heterocycles. The summed E-state index contributed by atoms with van der Waals surface area (Å²) in [5.41, 5.74) is 12.8. The summed E-state index contributed by atoms with van der Waals surface area (Å²) in [5, 5.41) is 12.7. The van der Waals surface area contributed by atoms with Crippen LogP contribution >= 0.6 is 0 Å². The topological polar surface area (TPSA) is 124 Å². The third kappa shape index (κ3) is 5.45. The van der Waals surface area contributed by atoms with E-state index in [1.54, 1.807) is 67.5 Å². The van der Waals surface area contributed by atoms with Crippen molar-refractivity contribution in [1.82, 2.24) is 39.9 Å². The number of halogens is 2. The molecule has 6 aromatic heterocycles. The van der Waals surface area contributed by atoms with Crippen LogP contribution in [0.1, 0.15) is 0 Å². The molecule has 0 aliphatic rings. The van der Waals surface area contributed by atoms with Gasteiger partial charge in [0.2, 0.25) is 0 Å². The van der Waals surface area contributed by atoms with Gasteiger partial charge in [0.15, 0.2) is 11.3 Å². The smallest absolute Gasteiger partial charge is 0.183 e. The van der Waals surface area contributed by atoms with Crippen LogP contribution in [-0.2, 0) is 0 Å². The monoisotopic (exact) mass is 595 g/mol. The summed E-state index contributed by atoms with van der Waals surface area (Å²) < 4.78 is 28.7. The summed E-state index contributed by atoms with van der Waals surface area (Å²) in [4.78, 5) is 17.1. The highest BCUT2D eigenvalue weighted by Gasteiger charge is 2.15. The molecule has 8 rings (SSSR count). The zero-order chi connectivity index (χ0) is 30.8. The Hall–Kier alpha value is -6.36. The van der Waals surface area contributed by atoms with Crippen LogP contribution in [0.2, 0.25) is 0 Å². The van der Waals surface area contributed by atoms with Gasteiger partial charge in [0.25, 0.3) is 0 Å². The second kappa shape index (κ2) is 11.7. The fourth-order valence-electron chi connectivity index (χ4n) is 4.96. The fourth-order valence-corrected chi connectivity index (χ4v) is 4.96. The Morgan fingerprint density at radius 2 is 1.42 bits per heavy atom. The molecule has 0 amide bonds. The predicted octanol–water partition coefficient (Wildman–Crippen LogP) is 7.03. The standard InChI is InChI=1S/C17H12FN5.C17H11FN4/c18-12-3-1-11(2-4-12)15-13(10-5-7-20-8-6-10)9-14-16(19)22-23-17(14)21-15;18-15-3-1-2-4-16(15)22-17-14(11-21-22)9-13(10-20-17)12-5-7-19-8-6-12/h1-9H,(H3,19,21,22,23);1-11H. The van der Waals surface area contributed by atoms with E-state index in [9.17, 15) is 8.78 Å². The molecule has 11 heteroatoms. The number of nitrogens with one attached hydrogen (secondary N) is 1. The lowest BCUT2D eigenvalue weighted by Gasteiger charge is -2.09. The number of benzene rings is 2. The average molecular weight is 596 g/mol. The van der Waals surface area contributed by atoms with Gasteiger partial charge in [0, 0.05) is 53.1 Å². The van der Waals surface area contributed by atoms with Gasteiger partial charge in [0.05, 0.1) is 17.3 Å². The van der Waals surface area contributed by atoms with E-state index in [-0.39, 0.29) is 11.6 Å². The predicted molar refractivity (Wildman–Crippen MR) is 169 cm³/mol. The molecule has 3 N–H and O–H groups in total. The summed E-state index contributed by atoms with van der Waals surface area (Å²) >= 11 is 0. The maximum atomic E-state index is 13.9.